The molecule has 32 heavy (non-hydrogen) atoms. The average Bonchev–Trinajstić information content (AvgIpc) is 3.02. The van der Waals surface area contributed by atoms with Crippen molar-refractivity contribution in [1.82, 2.24) is 4.98 Å². The van der Waals surface area contributed by atoms with E-state index < -0.39 is 15.9 Å². The van der Waals surface area contributed by atoms with Gasteiger partial charge in [0, 0.05) is 11.6 Å². The number of benzene rings is 2. The van der Waals surface area contributed by atoms with Gasteiger partial charge in [0.25, 0.3) is 10.0 Å². The summed E-state index contributed by atoms with van der Waals surface area (Å²) in [6.45, 7) is 0.251. The predicted octanol–water partition coefficient (Wildman–Crippen LogP) is 4.34. The summed E-state index contributed by atoms with van der Waals surface area (Å²) in [4.78, 5) is 17.3. The molecule has 3 aromatic rings. The Morgan fingerprint density at radius 3 is 2.66 bits per heavy atom. The minimum absolute atomic E-state index is 0.229. The number of pyridine rings is 1. The Bertz CT molecular complexity index is 1260. The van der Waals surface area contributed by atoms with Crippen LogP contribution in [0.3, 0.4) is 0 Å². The summed E-state index contributed by atoms with van der Waals surface area (Å²) in [5.41, 5.74) is 0.517. The van der Waals surface area contributed by atoms with Crippen molar-refractivity contribution in [3.63, 3.8) is 0 Å². The van der Waals surface area contributed by atoms with Gasteiger partial charge in [0.15, 0.2) is 11.6 Å². The van der Waals surface area contributed by atoms with Crippen LogP contribution < -0.4 is 14.4 Å². The number of hydrogen-bond acceptors (Lipinski definition) is 5. The second-order valence-corrected chi connectivity index (χ2v) is 10.2. The summed E-state index contributed by atoms with van der Waals surface area (Å²) in [6.07, 6.45) is 7.62. The van der Waals surface area contributed by atoms with Crippen LogP contribution in [0.15, 0.2) is 59.6 Å². The fourth-order valence-electron chi connectivity index (χ4n) is 4.59. The Kier molecular flexibility index (Phi) is 5.46. The molecule has 7 nitrogen and oxygen atoms in total. The molecule has 0 spiro atoms. The van der Waals surface area contributed by atoms with Crippen molar-refractivity contribution >= 4 is 38.2 Å². The van der Waals surface area contributed by atoms with Gasteiger partial charge in [0.1, 0.15) is 6.54 Å². The highest BCUT2D eigenvalue weighted by molar-refractivity contribution is 7.93. The summed E-state index contributed by atoms with van der Waals surface area (Å²) in [7, 11) is -3.80. The van der Waals surface area contributed by atoms with E-state index in [2.05, 4.69) is 10.3 Å². The molecule has 0 atom stereocenters. The molecule has 0 unspecified atom stereocenters. The average molecular weight is 452 g/mol. The Morgan fingerprint density at radius 1 is 1.06 bits per heavy atom. The molecule has 8 heteroatoms. The van der Waals surface area contributed by atoms with E-state index in [1.165, 1.54) is 19.3 Å². The van der Waals surface area contributed by atoms with E-state index in [9.17, 15) is 13.2 Å². The van der Waals surface area contributed by atoms with E-state index in [1.807, 2.05) is 12.1 Å². The lowest BCUT2D eigenvalue weighted by molar-refractivity contribution is -0.114. The van der Waals surface area contributed by atoms with Crippen LogP contribution >= 0.6 is 0 Å². The molecule has 1 aliphatic heterocycles. The maximum atomic E-state index is 13.1. The third-order valence-electron chi connectivity index (χ3n) is 6.20. The van der Waals surface area contributed by atoms with Crippen molar-refractivity contribution in [1.29, 1.82) is 0 Å². The van der Waals surface area contributed by atoms with Crippen LogP contribution in [-0.4, -0.2) is 32.5 Å². The number of sulfonamides is 1. The first kappa shape index (κ1) is 20.8. The molecule has 0 saturated heterocycles. The van der Waals surface area contributed by atoms with Crippen molar-refractivity contribution in [3.8, 4) is 5.75 Å². The van der Waals surface area contributed by atoms with Gasteiger partial charge < -0.3 is 10.1 Å². The van der Waals surface area contributed by atoms with Gasteiger partial charge >= 0.3 is 0 Å². The monoisotopic (exact) mass is 451 g/mol. The number of nitrogens with zero attached hydrogens (tertiary/aromatic N) is 2. The lowest BCUT2D eigenvalue weighted by Gasteiger charge is -2.22. The van der Waals surface area contributed by atoms with Gasteiger partial charge in [-0.1, -0.05) is 43.5 Å². The summed E-state index contributed by atoms with van der Waals surface area (Å²) in [5, 5.41) is 4.22. The molecule has 2 aliphatic rings. The molecular formula is C24H25N3O4S. The molecule has 1 amide bonds. The lowest BCUT2D eigenvalue weighted by Crippen LogP contribution is -2.35. The number of rotatable bonds is 6. The lowest BCUT2D eigenvalue weighted by atomic mass is 9.90. The summed E-state index contributed by atoms with van der Waals surface area (Å²) >= 11 is 0. The van der Waals surface area contributed by atoms with Gasteiger partial charge in [-0.15, -0.1) is 0 Å². The van der Waals surface area contributed by atoms with Gasteiger partial charge in [-0.25, -0.2) is 13.4 Å². The normalized spacial score (nSPS) is 17.4. The van der Waals surface area contributed by atoms with Gasteiger partial charge in [-0.3, -0.25) is 9.10 Å². The second-order valence-electron chi connectivity index (χ2n) is 8.36. The molecule has 5 rings (SSSR count). The van der Waals surface area contributed by atoms with Crippen molar-refractivity contribution in [2.45, 2.75) is 37.0 Å². The Labute approximate surface area is 187 Å². The van der Waals surface area contributed by atoms with Crippen LogP contribution in [0.25, 0.3) is 10.8 Å². The minimum atomic E-state index is -3.80. The number of ether oxygens (including phenoxy) is 1. The van der Waals surface area contributed by atoms with Crippen LogP contribution in [0, 0.1) is 5.92 Å². The number of aromatic nitrogens is 1. The van der Waals surface area contributed by atoms with E-state index in [0.29, 0.717) is 35.2 Å². The molecule has 0 radical (unpaired) electrons. The van der Waals surface area contributed by atoms with Crippen molar-refractivity contribution in [3.05, 3.63) is 54.7 Å². The predicted molar refractivity (Wildman–Crippen MR) is 123 cm³/mol. The van der Waals surface area contributed by atoms with E-state index in [4.69, 9.17) is 4.74 Å². The summed E-state index contributed by atoms with van der Waals surface area (Å²) in [6, 6.07) is 14.1. The molecule has 1 aliphatic carbocycles. The van der Waals surface area contributed by atoms with E-state index in [0.717, 1.165) is 22.5 Å². The zero-order valence-corrected chi connectivity index (χ0v) is 18.5. The summed E-state index contributed by atoms with van der Waals surface area (Å²) < 4.78 is 33.3. The second kappa shape index (κ2) is 8.43. The van der Waals surface area contributed by atoms with Crippen molar-refractivity contribution in [2.24, 2.45) is 5.92 Å². The fraction of sp³-hybridized carbons (Fsp3) is 0.333. The Hall–Kier alpha value is -3.13. The van der Waals surface area contributed by atoms with E-state index >= 15 is 0 Å². The molecule has 2 heterocycles. The maximum absolute atomic E-state index is 13.1. The molecule has 1 aromatic heterocycles. The van der Waals surface area contributed by atoms with Gasteiger partial charge in [-0.05, 0) is 48.4 Å². The van der Waals surface area contributed by atoms with Crippen LogP contribution in [0.1, 0.15) is 32.1 Å². The van der Waals surface area contributed by atoms with E-state index in [-0.39, 0.29) is 11.4 Å². The quantitative estimate of drug-likeness (QED) is 0.602. The van der Waals surface area contributed by atoms with E-state index in [1.54, 1.807) is 42.6 Å². The molecule has 2 aromatic carbocycles. The number of nitrogens with one attached hydrogen (secondary N) is 1. The third-order valence-corrected chi connectivity index (χ3v) is 8.00. The van der Waals surface area contributed by atoms with Crippen LogP contribution in [-0.2, 0) is 14.8 Å². The number of hydrogen-bond donors (Lipinski definition) is 1. The first-order valence-electron chi connectivity index (χ1n) is 11.0. The van der Waals surface area contributed by atoms with Crippen LogP contribution in [0.4, 0.5) is 11.5 Å². The van der Waals surface area contributed by atoms with Gasteiger partial charge in [-0.2, -0.15) is 0 Å². The van der Waals surface area contributed by atoms with Gasteiger partial charge in [0.2, 0.25) is 5.91 Å². The first-order valence-corrected chi connectivity index (χ1v) is 12.4. The smallest absolute Gasteiger partial charge is 0.265 e. The number of amides is 1. The first-order chi connectivity index (χ1) is 15.5. The summed E-state index contributed by atoms with van der Waals surface area (Å²) in [5.74, 6) is 0.850. The highest BCUT2D eigenvalue weighted by atomic mass is 32.2. The van der Waals surface area contributed by atoms with Crippen molar-refractivity contribution in [2.75, 3.05) is 22.8 Å². The fourth-order valence-corrected chi connectivity index (χ4v) is 6.26. The van der Waals surface area contributed by atoms with Crippen LogP contribution in [0.2, 0.25) is 0 Å². The highest BCUT2D eigenvalue weighted by Crippen LogP contribution is 2.41. The maximum Gasteiger partial charge on any atom is 0.265 e. The molecule has 1 saturated carbocycles. The number of carbonyl (C=O) groups excluding carboxylic acids is 1. The largest absolute Gasteiger partial charge is 0.489 e. The Morgan fingerprint density at radius 2 is 1.84 bits per heavy atom. The van der Waals surface area contributed by atoms with Gasteiger partial charge in [0.05, 0.1) is 17.2 Å². The number of carbonyl (C=O) groups is 1. The molecular weight excluding hydrogens is 426 g/mol. The van der Waals surface area contributed by atoms with Crippen molar-refractivity contribution < 1.29 is 17.9 Å². The zero-order chi connectivity index (χ0) is 22.1. The SMILES string of the molecule is O=C(CN1c2cccc3cccc(c23)S1(=O)=O)Nc1ncccc1OCC1CCCCC1. The highest BCUT2D eigenvalue weighted by Gasteiger charge is 2.36. The zero-order valence-electron chi connectivity index (χ0n) is 17.7. The topological polar surface area (TPSA) is 88.6 Å². The molecule has 1 fully saturated rings. The molecule has 1 N–H and O–H groups in total. The molecule has 166 valence electrons. The standard InChI is InChI=1S/C24H25N3O4S/c28-22(26-24-20(12-6-14-25-24)31-16-17-7-2-1-3-8-17)15-27-19-11-4-9-18-10-5-13-21(23(18)19)32(27,29)30/h4-6,9-14,17H,1-3,7-8,15-16H2,(H,25,26,28). The minimum Gasteiger partial charge on any atom is -0.489 e. The molecule has 0 bridgehead atoms. The third kappa shape index (κ3) is 3.79. The van der Waals surface area contributed by atoms with Crippen LogP contribution in [0.5, 0.6) is 5.75 Å². The number of anilines is 2. The Balaban J connectivity index is 1.32.